The van der Waals surface area contributed by atoms with Gasteiger partial charge in [0.25, 0.3) is 6.47 Å². The van der Waals surface area contributed by atoms with Gasteiger partial charge >= 0.3 is 0 Å². The van der Waals surface area contributed by atoms with Gasteiger partial charge in [-0.3, -0.25) is 19.3 Å². The Bertz CT molecular complexity index is 1670. The number of piperazine rings is 1. The lowest BCUT2D eigenvalue weighted by Gasteiger charge is -2.38. The third-order valence-corrected chi connectivity index (χ3v) is 12.5. The number of carboxylic acid groups (broad SMARTS) is 1. The lowest BCUT2D eigenvalue weighted by molar-refractivity contribution is -0.140. The number of pyridine rings is 1. The van der Waals surface area contributed by atoms with E-state index in [1.165, 1.54) is 11.0 Å². The third-order valence-electron chi connectivity index (χ3n) is 9.66. The van der Waals surface area contributed by atoms with Crippen molar-refractivity contribution in [1.82, 2.24) is 20.1 Å². The maximum Gasteiger partial charge on any atom is 0.290 e. The number of nitrogens with one attached hydrogen (secondary N) is 1. The number of anilines is 1. The van der Waals surface area contributed by atoms with E-state index in [0.29, 0.717) is 42.4 Å². The summed E-state index contributed by atoms with van der Waals surface area (Å²) in [5, 5.41) is 18.6. The van der Waals surface area contributed by atoms with Crippen LogP contribution in [0.15, 0.2) is 41.4 Å². The number of sulfone groups is 1. The van der Waals surface area contributed by atoms with E-state index in [1.54, 1.807) is 30.5 Å². The molecule has 2 aliphatic carbocycles. The second-order valence-electron chi connectivity index (χ2n) is 12.8. The van der Waals surface area contributed by atoms with E-state index >= 15 is 0 Å². The highest BCUT2D eigenvalue weighted by Gasteiger charge is 2.58. The molecule has 4 fully saturated rings. The topological polar surface area (TPSA) is 164 Å². The van der Waals surface area contributed by atoms with Crippen LogP contribution in [-0.2, 0) is 29.6 Å². The molecule has 0 bridgehead atoms. The highest BCUT2D eigenvalue weighted by atomic mass is 35.5. The SMILES string of the molecule is CC(C)N1CCN(c2ccc(S(=O)(=O)[C@@H]3C[C@@H](C(=O)NC4(C#N)CC4)N(C(=O)C4(c5ccc(Cl)nc5)CC4)C3)c(Cl)c2)CC1.O=CO. The number of carbonyl (C=O) groups is 3. The maximum atomic E-state index is 14.1. The van der Waals surface area contributed by atoms with E-state index in [2.05, 4.69) is 40.0 Å². The van der Waals surface area contributed by atoms with Gasteiger partial charge in [-0.1, -0.05) is 29.3 Å². The van der Waals surface area contributed by atoms with Crippen molar-refractivity contribution >= 4 is 57.0 Å². The van der Waals surface area contributed by atoms with Crippen molar-refractivity contribution in [2.45, 2.75) is 79.1 Å². The molecule has 1 aromatic heterocycles. The number of nitrogens with zero attached hydrogens (tertiary/aromatic N) is 5. The molecule has 2 atom stereocenters. The quantitative estimate of drug-likeness (QED) is 0.308. The molecule has 0 radical (unpaired) electrons. The lowest BCUT2D eigenvalue weighted by Crippen LogP contribution is -2.51. The number of hydrogen-bond acceptors (Lipinski definition) is 9. The molecule has 2 aromatic rings. The van der Waals surface area contributed by atoms with Crippen LogP contribution in [0.5, 0.6) is 0 Å². The predicted octanol–water partition coefficient (Wildman–Crippen LogP) is 3.27. The Morgan fingerprint density at radius 3 is 2.28 bits per heavy atom. The van der Waals surface area contributed by atoms with Crippen LogP contribution in [0.4, 0.5) is 5.69 Å². The van der Waals surface area contributed by atoms with Crippen LogP contribution in [0, 0.1) is 11.3 Å². The van der Waals surface area contributed by atoms with Gasteiger partial charge in [-0.2, -0.15) is 5.26 Å². The molecule has 47 heavy (non-hydrogen) atoms. The summed E-state index contributed by atoms with van der Waals surface area (Å²) in [7, 11) is -4.03. The van der Waals surface area contributed by atoms with Gasteiger partial charge in [-0.15, -0.1) is 0 Å². The molecule has 2 saturated heterocycles. The van der Waals surface area contributed by atoms with Crippen LogP contribution in [0.1, 0.15) is 51.5 Å². The second-order valence-corrected chi connectivity index (χ2v) is 15.8. The van der Waals surface area contributed by atoms with Crippen LogP contribution in [0.3, 0.4) is 0 Å². The van der Waals surface area contributed by atoms with Gasteiger partial charge in [0.15, 0.2) is 9.84 Å². The van der Waals surface area contributed by atoms with Crippen molar-refractivity contribution in [3.8, 4) is 6.07 Å². The molecular formula is C32H38Cl2N6O6S. The molecular weight excluding hydrogens is 667 g/mol. The summed E-state index contributed by atoms with van der Waals surface area (Å²) >= 11 is 12.6. The molecule has 0 unspecified atom stereocenters. The Labute approximate surface area is 284 Å². The molecule has 6 rings (SSSR count). The van der Waals surface area contributed by atoms with Gasteiger partial charge in [-0.25, -0.2) is 13.4 Å². The number of nitriles is 1. The van der Waals surface area contributed by atoms with Crippen molar-refractivity contribution in [2.24, 2.45) is 0 Å². The van der Waals surface area contributed by atoms with Crippen LogP contribution in [0.2, 0.25) is 10.2 Å². The van der Waals surface area contributed by atoms with Crippen LogP contribution in [-0.4, -0.2) is 102 Å². The van der Waals surface area contributed by atoms with Crippen LogP contribution < -0.4 is 10.2 Å². The molecule has 15 heteroatoms. The van der Waals surface area contributed by atoms with Gasteiger partial charge in [-0.05, 0) is 75.8 Å². The fourth-order valence-electron chi connectivity index (χ4n) is 6.48. The summed E-state index contributed by atoms with van der Waals surface area (Å²) in [5.74, 6) is -0.828. The maximum absolute atomic E-state index is 14.1. The second kappa shape index (κ2) is 13.6. The van der Waals surface area contributed by atoms with E-state index in [9.17, 15) is 23.3 Å². The first-order valence-corrected chi connectivity index (χ1v) is 17.9. The molecule has 2 N–H and O–H groups in total. The first-order chi connectivity index (χ1) is 22.3. The Morgan fingerprint density at radius 2 is 1.77 bits per heavy atom. The van der Waals surface area contributed by atoms with Gasteiger partial charge in [0.2, 0.25) is 11.8 Å². The summed E-state index contributed by atoms with van der Waals surface area (Å²) in [4.78, 5) is 46.1. The summed E-state index contributed by atoms with van der Waals surface area (Å²) < 4.78 is 28.1. The minimum absolute atomic E-state index is 0.0130. The molecule has 2 amide bonds. The number of benzene rings is 1. The summed E-state index contributed by atoms with van der Waals surface area (Å²) in [6.07, 6.45) is 3.62. The Hall–Kier alpha value is -3.44. The van der Waals surface area contributed by atoms with E-state index in [-0.39, 0.29) is 35.3 Å². The zero-order valence-electron chi connectivity index (χ0n) is 26.2. The normalized spacial score (nSPS) is 22.9. The number of rotatable bonds is 8. The zero-order chi connectivity index (χ0) is 34.1. The minimum Gasteiger partial charge on any atom is -0.483 e. The Morgan fingerprint density at radius 1 is 1.11 bits per heavy atom. The van der Waals surface area contributed by atoms with Crippen molar-refractivity contribution in [3.63, 3.8) is 0 Å². The smallest absolute Gasteiger partial charge is 0.290 e. The summed E-state index contributed by atoms with van der Waals surface area (Å²) in [6, 6.07) is 9.94. The number of hydrogen-bond donors (Lipinski definition) is 2. The van der Waals surface area contributed by atoms with Gasteiger partial charge in [0.1, 0.15) is 16.7 Å². The lowest BCUT2D eigenvalue weighted by atomic mass is 9.95. The molecule has 2 saturated carbocycles. The fourth-order valence-corrected chi connectivity index (χ4v) is 8.83. The molecule has 2 aliphatic heterocycles. The van der Waals surface area contributed by atoms with E-state index in [0.717, 1.165) is 31.9 Å². The van der Waals surface area contributed by atoms with Crippen molar-refractivity contribution in [1.29, 1.82) is 5.26 Å². The van der Waals surface area contributed by atoms with E-state index < -0.39 is 38.0 Å². The summed E-state index contributed by atoms with van der Waals surface area (Å²) in [5.41, 5.74) is -0.308. The van der Waals surface area contributed by atoms with Gasteiger partial charge in [0, 0.05) is 50.6 Å². The molecule has 12 nitrogen and oxygen atoms in total. The van der Waals surface area contributed by atoms with Crippen molar-refractivity contribution < 1.29 is 27.9 Å². The highest BCUT2D eigenvalue weighted by Crippen LogP contribution is 2.51. The fraction of sp³-hybridized carbons (Fsp3) is 0.531. The van der Waals surface area contributed by atoms with Crippen molar-refractivity contribution in [3.05, 3.63) is 52.3 Å². The monoisotopic (exact) mass is 704 g/mol. The van der Waals surface area contributed by atoms with Crippen molar-refractivity contribution in [2.75, 3.05) is 37.6 Å². The van der Waals surface area contributed by atoms with E-state index in [1.807, 2.05) is 0 Å². The standard InChI is InChI=1S/C31H36Cl2N6O4S.CH2O2/c1-20(2)37-11-13-38(14-12-37)22-4-5-26(24(32)15-22)44(42,43)23-16-25(28(40)36-30(19-34)7-8-30)39(18-23)29(41)31(9-10-31)21-3-6-27(33)35-17-21;2-1-3/h3-6,15,17,20,23,25H,7-14,16,18H2,1-2H3,(H,36,40);1H,(H,2,3)/t23-,25+;/m1./s1. The average molecular weight is 706 g/mol. The Kier molecular flexibility index (Phi) is 10.1. The first-order valence-electron chi connectivity index (χ1n) is 15.6. The van der Waals surface area contributed by atoms with Gasteiger partial charge < -0.3 is 20.2 Å². The molecule has 4 aliphatic rings. The van der Waals surface area contributed by atoms with Gasteiger partial charge in [0.05, 0.1) is 26.7 Å². The predicted molar refractivity (Wildman–Crippen MR) is 176 cm³/mol. The number of carbonyl (C=O) groups excluding carboxylic acids is 2. The molecule has 0 spiro atoms. The first kappa shape index (κ1) is 34.9. The van der Waals surface area contributed by atoms with Crippen LogP contribution in [0.25, 0.3) is 0 Å². The molecule has 252 valence electrons. The zero-order valence-corrected chi connectivity index (χ0v) is 28.6. The average Bonchev–Trinajstić information content (AvgIpc) is 3.97. The minimum atomic E-state index is -4.03. The molecule has 1 aromatic carbocycles. The number of amides is 2. The Balaban J connectivity index is 0.00000139. The molecule has 3 heterocycles. The number of halogens is 2. The number of aromatic nitrogens is 1. The highest BCUT2D eigenvalue weighted by molar-refractivity contribution is 7.92. The van der Waals surface area contributed by atoms with Crippen LogP contribution >= 0.6 is 23.2 Å². The summed E-state index contributed by atoms with van der Waals surface area (Å²) in [6.45, 7) is 7.38. The number of likely N-dealkylation sites (tertiary alicyclic amines) is 1. The largest absolute Gasteiger partial charge is 0.483 e. The third kappa shape index (κ3) is 7.06. The van der Waals surface area contributed by atoms with E-state index in [4.69, 9.17) is 33.1 Å².